The van der Waals surface area contributed by atoms with Crippen molar-refractivity contribution >= 4 is 23.2 Å². The third-order valence-electron chi connectivity index (χ3n) is 4.13. The van der Waals surface area contributed by atoms with E-state index in [2.05, 4.69) is 16.4 Å². The van der Waals surface area contributed by atoms with Crippen molar-refractivity contribution in [2.24, 2.45) is 4.99 Å². The summed E-state index contributed by atoms with van der Waals surface area (Å²) < 4.78 is 10.8. The zero-order valence-corrected chi connectivity index (χ0v) is 17.9. The summed E-state index contributed by atoms with van der Waals surface area (Å²) in [5, 5.41) is 5.38. The Labute approximate surface area is 170 Å². The fourth-order valence-electron chi connectivity index (χ4n) is 2.49. The summed E-state index contributed by atoms with van der Waals surface area (Å²) in [7, 11) is 8.65. The molecule has 1 N–H and O–H groups in total. The summed E-state index contributed by atoms with van der Waals surface area (Å²) >= 11 is 1.67. The molecule has 0 bridgehead atoms. The second-order valence-electron chi connectivity index (χ2n) is 6.39. The minimum Gasteiger partial charge on any atom is -0.497 e. The van der Waals surface area contributed by atoms with Crippen LogP contribution in [0.15, 0.2) is 40.7 Å². The fourth-order valence-corrected chi connectivity index (χ4v) is 3.13. The van der Waals surface area contributed by atoms with E-state index in [0.29, 0.717) is 19.0 Å². The molecule has 1 aromatic carbocycles. The van der Waals surface area contributed by atoms with Crippen molar-refractivity contribution in [3.63, 3.8) is 0 Å². The van der Waals surface area contributed by atoms with E-state index in [1.807, 2.05) is 41.6 Å². The van der Waals surface area contributed by atoms with E-state index in [-0.39, 0.29) is 12.5 Å². The number of thiophene rings is 1. The number of guanidine groups is 1. The molecule has 0 radical (unpaired) electrons. The molecule has 0 fully saturated rings. The number of carbonyl (C=O) groups excluding carboxylic acids is 1. The second-order valence-corrected chi connectivity index (χ2v) is 7.43. The van der Waals surface area contributed by atoms with E-state index in [0.717, 1.165) is 17.1 Å². The number of hydrogen-bond donors (Lipinski definition) is 1. The monoisotopic (exact) mass is 404 g/mol. The van der Waals surface area contributed by atoms with Gasteiger partial charge in [-0.15, -0.1) is 11.3 Å². The molecule has 1 amide bonds. The Kier molecular flexibility index (Phi) is 8.13. The molecule has 152 valence electrons. The Morgan fingerprint density at radius 1 is 1.18 bits per heavy atom. The SMILES string of the molecule is COc1ccc(CN(C)C(=NCC(=O)N(C)C)NCc2cccs2)c(OC)c1. The topological polar surface area (TPSA) is 66.4 Å². The van der Waals surface area contributed by atoms with Crippen molar-refractivity contribution in [2.45, 2.75) is 13.1 Å². The van der Waals surface area contributed by atoms with Crippen molar-refractivity contribution in [3.8, 4) is 11.5 Å². The summed E-state index contributed by atoms with van der Waals surface area (Å²) in [6.07, 6.45) is 0. The highest BCUT2D eigenvalue weighted by molar-refractivity contribution is 7.09. The number of methoxy groups -OCH3 is 2. The molecule has 8 heteroatoms. The van der Waals surface area contributed by atoms with Gasteiger partial charge in [-0.3, -0.25) is 4.79 Å². The first-order valence-electron chi connectivity index (χ1n) is 8.87. The Bertz CT molecular complexity index is 791. The molecule has 1 heterocycles. The van der Waals surface area contributed by atoms with Crippen LogP contribution in [-0.2, 0) is 17.9 Å². The first-order valence-corrected chi connectivity index (χ1v) is 9.75. The van der Waals surface area contributed by atoms with Gasteiger partial charge in [0.25, 0.3) is 0 Å². The number of likely N-dealkylation sites (N-methyl/N-ethyl adjacent to an activating group) is 1. The third kappa shape index (κ3) is 6.16. The van der Waals surface area contributed by atoms with Gasteiger partial charge in [0.2, 0.25) is 5.91 Å². The van der Waals surface area contributed by atoms with Gasteiger partial charge in [-0.25, -0.2) is 4.99 Å². The first-order chi connectivity index (χ1) is 13.4. The molecule has 0 spiro atoms. The van der Waals surface area contributed by atoms with Crippen molar-refractivity contribution in [1.82, 2.24) is 15.1 Å². The van der Waals surface area contributed by atoms with E-state index < -0.39 is 0 Å². The maximum atomic E-state index is 12.0. The Hall–Kier alpha value is -2.74. The average Bonchev–Trinajstić information content (AvgIpc) is 3.21. The van der Waals surface area contributed by atoms with Crippen LogP contribution in [-0.4, -0.2) is 63.6 Å². The molecule has 0 aliphatic heterocycles. The zero-order valence-electron chi connectivity index (χ0n) is 17.1. The minimum atomic E-state index is -0.0501. The van der Waals surface area contributed by atoms with Gasteiger partial charge in [0.15, 0.2) is 5.96 Å². The molecule has 0 saturated carbocycles. The predicted molar refractivity (Wildman–Crippen MR) is 113 cm³/mol. The van der Waals surface area contributed by atoms with E-state index in [1.165, 1.54) is 9.78 Å². The Morgan fingerprint density at radius 2 is 1.96 bits per heavy atom. The largest absolute Gasteiger partial charge is 0.497 e. The smallest absolute Gasteiger partial charge is 0.243 e. The van der Waals surface area contributed by atoms with Gasteiger partial charge in [0.1, 0.15) is 18.0 Å². The van der Waals surface area contributed by atoms with Crippen LogP contribution >= 0.6 is 11.3 Å². The number of carbonyl (C=O) groups is 1. The standard InChI is InChI=1S/C20H28N4O3S/c1-23(2)19(25)13-22-20(21-12-17-7-6-10-28-17)24(3)14-15-8-9-16(26-4)11-18(15)27-5/h6-11H,12-14H2,1-5H3,(H,21,22). The number of rotatable bonds is 8. The van der Waals surface area contributed by atoms with Crippen molar-refractivity contribution in [2.75, 3.05) is 41.9 Å². The highest BCUT2D eigenvalue weighted by Gasteiger charge is 2.13. The number of ether oxygens (including phenoxy) is 2. The predicted octanol–water partition coefficient (Wildman–Crippen LogP) is 2.43. The molecule has 2 rings (SSSR count). The lowest BCUT2D eigenvalue weighted by Gasteiger charge is -2.24. The second kappa shape index (κ2) is 10.6. The van der Waals surface area contributed by atoms with Gasteiger partial charge in [0.05, 0.1) is 20.8 Å². The van der Waals surface area contributed by atoms with Gasteiger partial charge in [0, 0.05) is 44.2 Å². The summed E-state index contributed by atoms with van der Waals surface area (Å²) in [6, 6.07) is 9.80. The van der Waals surface area contributed by atoms with Gasteiger partial charge in [-0.2, -0.15) is 0 Å². The molecule has 0 aliphatic carbocycles. The van der Waals surface area contributed by atoms with E-state index >= 15 is 0 Å². The van der Waals surface area contributed by atoms with Crippen LogP contribution in [0.2, 0.25) is 0 Å². The molecule has 0 saturated heterocycles. The van der Waals surface area contributed by atoms with E-state index in [4.69, 9.17) is 9.47 Å². The first kappa shape index (κ1) is 21.6. The Morgan fingerprint density at radius 3 is 2.57 bits per heavy atom. The van der Waals surface area contributed by atoms with Crippen LogP contribution in [0.1, 0.15) is 10.4 Å². The maximum Gasteiger partial charge on any atom is 0.243 e. The lowest BCUT2D eigenvalue weighted by atomic mass is 10.2. The van der Waals surface area contributed by atoms with Crippen LogP contribution < -0.4 is 14.8 Å². The molecule has 2 aromatic rings. The average molecular weight is 405 g/mol. The number of nitrogens with zero attached hydrogens (tertiary/aromatic N) is 3. The Balaban J connectivity index is 2.16. The van der Waals surface area contributed by atoms with Crippen LogP contribution in [0.25, 0.3) is 0 Å². The molecular weight excluding hydrogens is 376 g/mol. The zero-order chi connectivity index (χ0) is 20.5. The van der Waals surface area contributed by atoms with Crippen LogP contribution in [0.3, 0.4) is 0 Å². The lowest BCUT2D eigenvalue weighted by Crippen LogP contribution is -2.39. The van der Waals surface area contributed by atoms with Crippen LogP contribution in [0.4, 0.5) is 0 Å². The highest BCUT2D eigenvalue weighted by Crippen LogP contribution is 2.25. The summed E-state index contributed by atoms with van der Waals surface area (Å²) in [4.78, 5) is 21.2. The number of amides is 1. The van der Waals surface area contributed by atoms with Crippen LogP contribution in [0, 0.1) is 0 Å². The van der Waals surface area contributed by atoms with Crippen molar-refractivity contribution in [1.29, 1.82) is 0 Å². The third-order valence-corrected chi connectivity index (χ3v) is 5.00. The minimum absolute atomic E-state index is 0.0501. The van der Waals surface area contributed by atoms with Gasteiger partial charge in [-0.05, 0) is 23.6 Å². The number of nitrogens with one attached hydrogen (secondary N) is 1. The molecule has 1 aromatic heterocycles. The fraction of sp³-hybridized carbons (Fsp3) is 0.400. The summed E-state index contributed by atoms with van der Waals surface area (Å²) in [6.45, 7) is 1.31. The lowest BCUT2D eigenvalue weighted by molar-refractivity contribution is -0.127. The maximum absolute atomic E-state index is 12.0. The van der Waals surface area contributed by atoms with Crippen molar-refractivity contribution < 1.29 is 14.3 Å². The quantitative estimate of drug-likeness (QED) is 0.541. The highest BCUT2D eigenvalue weighted by atomic mass is 32.1. The normalized spacial score (nSPS) is 11.1. The van der Waals surface area contributed by atoms with E-state index in [9.17, 15) is 4.79 Å². The van der Waals surface area contributed by atoms with Crippen LogP contribution in [0.5, 0.6) is 11.5 Å². The van der Waals surface area contributed by atoms with Gasteiger partial charge in [-0.1, -0.05) is 6.07 Å². The molecule has 0 atom stereocenters. The summed E-state index contributed by atoms with van der Waals surface area (Å²) in [5.74, 6) is 2.09. The number of benzene rings is 1. The van der Waals surface area contributed by atoms with E-state index in [1.54, 1.807) is 39.7 Å². The molecule has 0 aliphatic rings. The van der Waals surface area contributed by atoms with Gasteiger partial charge < -0.3 is 24.6 Å². The summed E-state index contributed by atoms with van der Waals surface area (Å²) in [5.41, 5.74) is 0.996. The molecule has 28 heavy (non-hydrogen) atoms. The number of hydrogen-bond acceptors (Lipinski definition) is 5. The van der Waals surface area contributed by atoms with Gasteiger partial charge >= 0.3 is 0 Å². The molecular formula is C20H28N4O3S. The number of aliphatic imine (C=N–C) groups is 1. The molecule has 7 nitrogen and oxygen atoms in total. The molecule has 0 unspecified atom stereocenters. The van der Waals surface area contributed by atoms with Crippen molar-refractivity contribution in [3.05, 3.63) is 46.2 Å².